The summed E-state index contributed by atoms with van der Waals surface area (Å²) in [5.74, 6) is 1.94. The van der Waals surface area contributed by atoms with Gasteiger partial charge in [-0.2, -0.15) is 0 Å². The molecule has 0 aromatic rings. The minimum absolute atomic E-state index is 0.958. The van der Waals surface area contributed by atoms with E-state index in [-0.39, 0.29) is 0 Å². The van der Waals surface area contributed by atoms with E-state index in [4.69, 9.17) is 0 Å². The standard InChI is InChI=1S/C12H23N/c1-4-13-9-12-8-7-11(12)6-5-10(2)3/h11-13H,2,4-9H2,1,3H3. The van der Waals surface area contributed by atoms with E-state index in [0.717, 1.165) is 18.4 Å². The molecular formula is C12H23N. The Hall–Kier alpha value is -0.300. The molecule has 1 aliphatic carbocycles. The molecule has 0 bridgehead atoms. The average molecular weight is 181 g/mol. The number of allylic oxidation sites excluding steroid dienone is 1. The molecule has 1 saturated carbocycles. The van der Waals surface area contributed by atoms with Crippen molar-refractivity contribution in [3.8, 4) is 0 Å². The van der Waals surface area contributed by atoms with Crippen LogP contribution in [0.2, 0.25) is 0 Å². The molecule has 0 heterocycles. The van der Waals surface area contributed by atoms with Crippen molar-refractivity contribution in [3.05, 3.63) is 12.2 Å². The molecule has 2 atom stereocenters. The molecule has 1 rings (SSSR count). The Bertz CT molecular complexity index is 163. The SMILES string of the molecule is C=C(C)CCC1CCC1CNCC. The van der Waals surface area contributed by atoms with Crippen molar-refractivity contribution in [2.45, 2.75) is 39.5 Å². The van der Waals surface area contributed by atoms with Crippen molar-refractivity contribution in [2.75, 3.05) is 13.1 Å². The fourth-order valence-electron chi connectivity index (χ4n) is 2.05. The summed E-state index contributed by atoms with van der Waals surface area (Å²) >= 11 is 0. The van der Waals surface area contributed by atoms with Gasteiger partial charge in [-0.15, -0.1) is 6.58 Å². The van der Waals surface area contributed by atoms with Crippen molar-refractivity contribution in [1.29, 1.82) is 0 Å². The first-order valence-electron chi connectivity index (χ1n) is 5.59. The zero-order chi connectivity index (χ0) is 9.68. The smallest absolute Gasteiger partial charge is 0.00180 e. The molecule has 1 nitrogen and oxygen atoms in total. The van der Waals surface area contributed by atoms with Crippen LogP contribution in [0.3, 0.4) is 0 Å². The summed E-state index contributed by atoms with van der Waals surface area (Å²) in [4.78, 5) is 0. The maximum absolute atomic E-state index is 3.96. The van der Waals surface area contributed by atoms with E-state index in [2.05, 4.69) is 25.7 Å². The topological polar surface area (TPSA) is 12.0 Å². The van der Waals surface area contributed by atoms with Crippen LogP contribution >= 0.6 is 0 Å². The Morgan fingerprint density at radius 2 is 2.08 bits per heavy atom. The molecule has 2 unspecified atom stereocenters. The summed E-state index contributed by atoms with van der Waals surface area (Å²) in [6.45, 7) is 10.6. The van der Waals surface area contributed by atoms with Crippen molar-refractivity contribution in [1.82, 2.24) is 5.32 Å². The summed E-state index contributed by atoms with van der Waals surface area (Å²) in [5, 5.41) is 3.45. The van der Waals surface area contributed by atoms with Gasteiger partial charge in [0.05, 0.1) is 0 Å². The van der Waals surface area contributed by atoms with Crippen LogP contribution in [0.1, 0.15) is 39.5 Å². The monoisotopic (exact) mass is 181 g/mol. The van der Waals surface area contributed by atoms with E-state index in [1.807, 2.05) is 0 Å². The second-order valence-electron chi connectivity index (χ2n) is 4.40. The van der Waals surface area contributed by atoms with Crippen molar-refractivity contribution < 1.29 is 0 Å². The van der Waals surface area contributed by atoms with Crippen molar-refractivity contribution in [2.24, 2.45) is 11.8 Å². The van der Waals surface area contributed by atoms with Crippen LogP contribution in [0, 0.1) is 11.8 Å². The molecule has 1 fully saturated rings. The van der Waals surface area contributed by atoms with Gasteiger partial charge in [0.1, 0.15) is 0 Å². The van der Waals surface area contributed by atoms with E-state index in [1.54, 1.807) is 0 Å². The van der Waals surface area contributed by atoms with Crippen LogP contribution in [0.4, 0.5) is 0 Å². The van der Waals surface area contributed by atoms with Gasteiger partial charge in [0.15, 0.2) is 0 Å². The zero-order valence-electron chi connectivity index (χ0n) is 9.10. The largest absolute Gasteiger partial charge is 0.317 e. The first-order valence-corrected chi connectivity index (χ1v) is 5.59. The quantitative estimate of drug-likeness (QED) is 0.621. The minimum Gasteiger partial charge on any atom is -0.317 e. The van der Waals surface area contributed by atoms with E-state index in [0.29, 0.717) is 0 Å². The molecule has 13 heavy (non-hydrogen) atoms. The second kappa shape index (κ2) is 5.43. The predicted molar refractivity (Wildman–Crippen MR) is 58.8 cm³/mol. The summed E-state index contributed by atoms with van der Waals surface area (Å²) in [6.07, 6.45) is 5.48. The molecule has 1 N–H and O–H groups in total. The third kappa shape index (κ3) is 3.51. The van der Waals surface area contributed by atoms with Crippen LogP contribution < -0.4 is 5.32 Å². The third-order valence-corrected chi connectivity index (χ3v) is 3.17. The fourth-order valence-corrected chi connectivity index (χ4v) is 2.05. The van der Waals surface area contributed by atoms with Gasteiger partial charge in [-0.3, -0.25) is 0 Å². The van der Waals surface area contributed by atoms with Gasteiger partial charge in [0, 0.05) is 0 Å². The van der Waals surface area contributed by atoms with Crippen LogP contribution in [-0.2, 0) is 0 Å². The Kier molecular flexibility index (Phi) is 4.51. The maximum Gasteiger partial charge on any atom is -0.00180 e. The molecule has 0 saturated heterocycles. The summed E-state index contributed by atoms with van der Waals surface area (Å²) in [6, 6.07) is 0. The van der Waals surface area contributed by atoms with Gasteiger partial charge in [-0.25, -0.2) is 0 Å². The minimum atomic E-state index is 0.958. The highest BCUT2D eigenvalue weighted by Gasteiger charge is 2.29. The van der Waals surface area contributed by atoms with Crippen molar-refractivity contribution >= 4 is 0 Å². The molecule has 1 aliphatic rings. The van der Waals surface area contributed by atoms with Gasteiger partial charge >= 0.3 is 0 Å². The lowest BCUT2D eigenvalue weighted by Crippen LogP contribution is -2.35. The number of hydrogen-bond donors (Lipinski definition) is 1. The first-order chi connectivity index (χ1) is 6.24. The fraction of sp³-hybridized carbons (Fsp3) is 0.833. The lowest BCUT2D eigenvalue weighted by atomic mass is 9.71. The molecule has 1 heteroatoms. The van der Waals surface area contributed by atoms with Gasteiger partial charge in [-0.05, 0) is 57.5 Å². The molecular weight excluding hydrogens is 158 g/mol. The number of rotatable bonds is 6. The Morgan fingerprint density at radius 3 is 2.54 bits per heavy atom. The van der Waals surface area contributed by atoms with Crippen LogP contribution in [-0.4, -0.2) is 13.1 Å². The highest BCUT2D eigenvalue weighted by molar-refractivity contribution is 4.91. The average Bonchev–Trinajstić information content (AvgIpc) is 2.03. The molecule has 0 aromatic heterocycles. The highest BCUT2D eigenvalue weighted by atomic mass is 14.9. The molecule has 0 spiro atoms. The molecule has 0 amide bonds. The lowest BCUT2D eigenvalue weighted by Gasteiger charge is -2.37. The molecule has 0 aliphatic heterocycles. The van der Waals surface area contributed by atoms with Crippen LogP contribution in [0.25, 0.3) is 0 Å². The normalized spacial score (nSPS) is 26.9. The van der Waals surface area contributed by atoms with Crippen LogP contribution in [0.15, 0.2) is 12.2 Å². The molecule has 0 radical (unpaired) electrons. The van der Waals surface area contributed by atoms with Gasteiger partial charge < -0.3 is 5.32 Å². The van der Waals surface area contributed by atoms with Crippen molar-refractivity contribution in [3.63, 3.8) is 0 Å². The van der Waals surface area contributed by atoms with Gasteiger partial charge in [0.25, 0.3) is 0 Å². The lowest BCUT2D eigenvalue weighted by molar-refractivity contribution is 0.161. The van der Waals surface area contributed by atoms with Gasteiger partial charge in [-0.1, -0.05) is 12.5 Å². The second-order valence-corrected chi connectivity index (χ2v) is 4.40. The third-order valence-electron chi connectivity index (χ3n) is 3.17. The number of nitrogens with one attached hydrogen (secondary N) is 1. The molecule has 76 valence electrons. The number of hydrogen-bond acceptors (Lipinski definition) is 1. The first kappa shape index (κ1) is 10.8. The summed E-state index contributed by atoms with van der Waals surface area (Å²) in [7, 11) is 0. The highest BCUT2D eigenvalue weighted by Crippen LogP contribution is 2.37. The Balaban J connectivity index is 2.09. The van der Waals surface area contributed by atoms with E-state index >= 15 is 0 Å². The van der Waals surface area contributed by atoms with E-state index in [9.17, 15) is 0 Å². The van der Waals surface area contributed by atoms with E-state index < -0.39 is 0 Å². The predicted octanol–water partition coefficient (Wildman–Crippen LogP) is 2.98. The summed E-state index contributed by atoms with van der Waals surface area (Å²) < 4.78 is 0. The van der Waals surface area contributed by atoms with Crippen LogP contribution in [0.5, 0.6) is 0 Å². The van der Waals surface area contributed by atoms with E-state index in [1.165, 1.54) is 37.8 Å². The van der Waals surface area contributed by atoms with Gasteiger partial charge in [0.2, 0.25) is 0 Å². The Labute approximate surface area is 82.6 Å². The zero-order valence-corrected chi connectivity index (χ0v) is 9.10. The molecule has 0 aromatic carbocycles. The maximum atomic E-state index is 3.96. The summed E-state index contributed by atoms with van der Waals surface area (Å²) in [5.41, 5.74) is 1.34. The Morgan fingerprint density at radius 1 is 1.38 bits per heavy atom.